The smallest absolute Gasteiger partial charge is 0.263 e. The third-order valence-corrected chi connectivity index (χ3v) is 6.40. The number of hydrogen-bond acceptors (Lipinski definition) is 7. The minimum Gasteiger partial charge on any atom is -0.354 e. The van der Waals surface area contributed by atoms with Gasteiger partial charge >= 0.3 is 0 Å². The molecule has 27 heavy (non-hydrogen) atoms. The van der Waals surface area contributed by atoms with E-state index in [1.54, 1.807) is 22.0 Å². The number of carbonyl (C=O) groups is 1. The van der Waals surface area contributed by atoms with Gasteiger partial charge in [-0.2, -0.15) is 5.26 Å². The van der Waals surface area contributed by atoms with Crippen molar-refractivity contribution in [2.75, 3.05) is 12.3 Å². The van der Waals surface area contributed by atoms with Crippen LogP contribution in [0, 0.1) is 11.3 Å². The molecule has 6 nitrogen and oxygen atoms in total. The number of nitriles is 1. The fourth-order valence-electron chi connectivity index (χ4n) is 2.46. The Morgan fingerprint density at radius 1 is 1.48 bits per heavy atom. The number of thiophene rings is 2. The van der Waals surface area contributed by atoms with E-state index in [-0.39, 0.29) is 23.6 Å². The zero-order chi connectivity index (χ0) is 19.2. The second kappa shape index (κ2) is 8.99. The van der Waals surface area contributed by atoms with E-state index in [2.05, 4.69) is 16.9 Å². The van der Waals surface area contributed by atoms with Gasteiger partial charge in [-0.3, -0.25) is 14.2 Å². The average Bonchev–Trinajstić information content (AvgIpc) is 3.32. The maximum Gasteiger partial charge on any atom is 0.263 e. The molecule has 0 spiro atoms. The first-order valence-electron chi connectivity index (χ1n) is 8.09. The summed E-state index contributed by atoms with van der Waals surface area (Å²) in [5, 5.41) is 16.2. The molecule has 0 radical (unpaired) electrons. The maximum atomic E-state index is 13.1. The number of rotatable bonds is 8. The normalized spacial score (nSPS) is 10.6. The van der Waals surface area contributed by atoms with Crippen LogP contribution in [-0.4, -0.2) is 27.8 Å². The highest BCUT2D eigenvalue weighted by atomic mass is 32.2. The predicted octanol–water partition coefficient (Wildman–Crippen LogP) is 3.49. The largest absolute Gasteiger partial charge is 0.354 e. The van der Waals surface area contributed by atoms with Gasteiger partial charge in [0.25, 0.3) is 5.56 Å². The Balaban J connectivity index is 1.93. The Bertz CT molecular complexity index is 1060. The summed E-state index contributed by atoms with van der Waals surface area (Å²) in [5.74, 6) is -0.0656. The Labute approximate surface area is 168 Å². The maximum absolute atomic E-state index is 13.1. The summed E-state index contributed by atoms with van der Waals surface area (Å²) < 4.78 is 1.55. The summed E-state index contributed by atoms with van der Waals surface area (Å²) in [6, 6.07) is 5.91. The van der Waals surface area contributed by atoms with Gasteiger partial charge < -0.3 is 5.32 Å². The van der Waals surface area contributed by atoms with Crippen molar-refractivity contribution >= 4 is 50.6 Å². The van der Waals surface area contributed by atoms with Crippen LogP contribution in [0.1, 0.15) is 6.42 Å². The van der Waals surface area contributed by atoms with Crippen molar-refractivity contribution in [2.45, 2.75) is 18.1 Å². The van der Waals surface area contributed by atoms with Crippen LogP contribution in [0.15, 0.2) is 45.5 Å². The second-order valence-electron chi connectivity index (χ2n) is 5.45. The van der Waals surface area contributed by atoms with Gasteiger partial charge in [-0.1, -0.05) is 23.9 Å². The Morgan fingerprint density at radius 3 is 3.04 bits per heavy atom. The molecule has 3 aromatic rings. The lowest BCUT2D eigenvalue weighted by molar-refractivity contribution is -0.118. The molecule has 0 aromatic carbocycles. The zero-order valence-corrected chi connectivity index (χ0v) is 16.8. The minimum absolute atomic E-state index is 0.128. The number of thioether (sulfide) groups is 1. The topological polar surface area (TPSA) is 87.8 Å². The van der Waals surface area contributed by atoms with Crippen LogP contribution in [0.2, 0.25) is 0 Å². The highest BCUT2D eigenvalue weighted by Gasteiger charge is 2.18. The monoisotopic (exact) mass is 416 g/mol. The number of aromatic nitrogens is 2. The fraction of sp³-hybridized carbons (Fsp3) is 0.222. The SMILES string of the molecule is C=CCn1c(SCC(=O)NCCC#N)nc2scc(-c3cccs3)c2c1=O. The summed E-state index contributed by atoms with van der Waals surface area (Å²) in [4.78, 5) is 31.3. The van der Waals surface area contributed by atoms with Gasteiger partial charge in [0.1, 0.15) is 4.83 Å². The molecule has 9 heteroatoms. The molecule has 0 fully saturated rings. The first-order chi connectivity index (χ1) is 13.2. The van der Waals surface area contributed by atoms with Gasteiger partial charge in [-0.15, -0.1) is 29.3 Å². The number of fused-ring (bicyclic) bond motifs is 1. The summed E-state index contributed by atoms with van der Waals surface area (Å²) in [6.45, 7) is 4.36. The van der Waals surface area contributed by atoms with Gasteiger partial charge in [-0.05, 0) is 11.4 Å². The number of nitrogens with one attached hydrogen (secondary N) is 1. The second-order valence-corrected chi connectivity index (χ2v) is 8.20. The molecule has 0 aliphatic heterocycles. The molecule has 3 rings (SSSR count). The standard InChI is InChI=1S/C18H16N4O2S3/c1-2-8-22-17(24)15-12(13-5-3-9-25-13)10-26-16(15)21-18(22)27-11-14(23)20-7-4-6-19/h2-3,5,9-10H,1,4,7-8,11H2,(H,20,23). The molecule has 0 atom stereocenters. The summed E-state index contributed by atoms with van der Waals surface area (Å²) in [5.41, 5.74) is 0.767. The van der Waals surface area contributed by atoms with E-state index in [9.17, 15) is 9.59 Å². The molecule has 0 bridgehead atoms. The Kier molecular flexibility index (Phi) is 6.45. The van der Waals surface area contributed by atoms with Crippen LogP contribution in [0.4, 0.5) is 0 Å². The predicted molar refractivity (Wildman–Crippen MR) is 111 cm³/mol. The zero-order valence-electron chi connectivity index (χ0n) is 14.3. The van der Waals surface area contributed by atoms with Crippen LogP contribution < -0.4 is 10.9 Å². The summed E-state index contributed by atoms with van der Waals surface area (Å²) >= 11 is 4.21. The molecule has 1 N–H and O–H groups in total. The van der Waals surface area contributed by atoms with Gasteiger partial charge in [0.2, 0.25) is 5.91 Å². The van der Waals surface area contributed by atoms with Crippen LogP contribution in [0.25, 0.3) is 20.7 Å². The van der Waals surface area contributed by atoms with Crippen LogP contribution in [0.3, 0.4) is 0 Å². The van der Waals surface area contributed by atoms with Crippen molar-refractivity contribution < 1.29 is 4.79 Å². The number of amides is 1. The molecule has 0 saturated heterocycles. The number of carbonyl (C=O) groups excluding carboxylic acids is 1. The van der Waals surface area contributed by atoms with Gasteiger partial charge in [0.05, 0.1) is 23.6 Å². The van der Waals surface area contributed by atoms with E-state index < -0.39 is 0 Å². The fourth-order valence-corrected chi connectivity index (χ4v) is 5.10. The number of hydrogen-bond donors (Lipinski definition) is 1. The Morgan fingerprint density at radius 2 is 2.33 bits per heavy atom. The molecule has 0 unspecified atom stereocenters. The van der Waals surface area contributed by atoms with E-state index in [4.69, 9.17) is 5.26 Å². The molecule has 0 aliphatic carbocycles. The summed E-state index contributed by atoms with van der Waals surface area (Å²) in [7, 11) is 0. The van der Waals surface area contributed by atoms with Gasteiger partial charge in [0.15, 0.2) is 5.16 Å². The summed E-state index contributed by atoms with van der Waals surface area (Å²) in [6.07, 6.45) is 1.91. The average molecular weight is 417 g/mol. The minimum atomic E-state index is -0.194. The van der Waals surface area contributed by atoms with Crippen LogP contribution >= 0.6 is 34.4 Å². The highest BCUT2D eigenvalue weighted by Crippen LogP contribution is 2.34. The third-order valence-electron chi connectivity index (χ3n) is 3.65. The van der Waals surface area contributed by atoms with Gasteiger partial charge in [-0.25, -0.2) is 4.98 Å². The molecule has 0 aliphatic rings. The Hall–Kier alpha value is -2.41. The van der Waals surface area contributed by atoms with Crippen LogP contribution in [-0.2, 0) is 11.3 Å². The molecule has 3 heterocycles. The van der Waals surface area contributed by atoms with Crippen molar-refractivity contribution in [3.63, 3.8) is 0 Å². The van der Waals surface area contributed by atoms with Gasteiger partial charge in [0, 0.05) is 28.9 Å². The van der Waals surface area contributed by atoms with Crippen molar-refractivity contribution in [2.24, 2.45) is 0 Å². The van der Waals surface area contributed by atoms with E-state index in [0.29, 0.717) is 28.5 Å². The lowest BCUT2D eigenvalue weighted by Gasteiger charge is -2.10. The van der Waals surface area contributed by atoms with Crippen LogP contribution in [0.5, 0.6) is 0 Å². The molecular weight excluding hydrogens is 400 g/mol. The first kappa shape index (κ1) is 19.4. The molecule has 1 amide bonds. The lowest BCUT2D eigenvalue weighted by atomic mass is 10.2. The van der Waals surface area contributed by atoms with E-state index in [1.807, 2.05) is 29.0 Å². The molecular formula is C18H16N4O2S3. The molecule has 3 aromatic heterocycles. The van der Waals surface area contributed by atoms with E-state index >= 15 is 0 Å². The van der Waals surface area contributed by atoms with Crippen molar-refractivity contribution in [1.82, 2.24) is 14.9 Å². The molecule has 138 valence electrons. The first-order valence-corrected chi connectivity index (χ1v) is 10.8. The number of allylic oxidation sites excluding steroid dienone is 1. The molecule has 0 saturated carbocycles. The van der Waals surface area contributed by atoms with E-state index in [0.717, 1.165) is 10.4 Å². The third kappa shape index (κ3) is 4.30. The van der Waals surface area contributed by atoms with Crippen molar-refractivity contribution in [1.29, 1.82) is 5.26 Å². The van der Waals surface area contributed by atoms with Crippen molar-refractivity contribution in [3.8, 4) is 16.5 Å². The van der Waals surface area contributed by atoms with E-state index in [1.165, 1.54) is 23.1 Å². The highest BCUT2D eigenvalue weighted by molar-refractivity contribution is 7.99. The lowest BCUT2D eigenvalue weighted by Crippen LogP contribution is -2.27. The van der Waals surface area contributed by atoms with Crippen molar-refractivity contribution in [3.05, 3.63) is 45.9 Å². The number of nitrogens with zero attached hydrogens (tertiary/aromatic N) is 3. The quantitative estimate of drug-likeness (QED) is 0.263.